The summed E-state index contributed by atoms with van der Waals surface area (Å²) in [6, 6.07) is 1.86. The molecule has 2 aliphatic rings. The molecule has 0 aliphatic carbocycles. The van der Waals surface area contributed by atoms with Crippen LogP contribution in [0.4, 0.5) is 0 Å². The summed E-state index contributed by atoms with van der Waals surface area (Å²) in [5.41, 5.74) is 0. The van der Waals surface area contributed by atoms with E-state index in [9.17, 15) is 0 Å². The molecule has 0 bridgehead atoms. The van der Waals surface area contributed by atoms with Gasteiger partial charge in [0.15, 0.2) is 0 Å². The van der Waals surface area contributed by atoms with E-state index in [4.69, 9.17) is 42.4 Å². The highest BCUT2D eigenvalue weighted by molar-refractivity contribution is 6.81. The van der Waals surface area contributed by atoms with Crippen LogP contribution in [0.3, 0.4) is 0 Å². The molecule has 2 heterocycles. The maximum absolute atomic E-state index is 6.30. The van der Waals surface area contributed by atoms with E-state index in [-0.39, 0.29) is 0 Å². The van der Waals surface area contributed by atoms with Gasteiger partial charge in [0.2, 0.25) is 0 Å². The Kier molecular flexibility index (Phi) is 15.8. The van der Waals surface area contributed by atoms with E-state index in [0.29, 0.717) is 19.8 Å². The summed E-state index contributed by atoms with van der Waals surface area (Å²) in [6.45, 7) is 17.4. The Balaban J connectivity index is 1.47. The summed E-state index contributed by atoms with van der Waals surface area (Å²) >= 11 is 0. The zero-order chi connectivity index (χ0) is 25.0. The van der Waals surface area contributed by atoms with Crippen LogP contribution in [0.15, 0.2) is 0 Å². The van der Waals surface area contributed by atoms with E-state index in [0.717, 1.165) is 38.0 Å². The molecule has 0 saturated carbocycles. The lowest BCUT2D eigenvalue weighted by molar-refractivity contribution is 0.0822. The van der Waals surface area contributed by atoms with Gasteiger partial charge in [0, 0.05) is 26.4 Å². The molecule has 0 radical (unpaired) electrons. The molecule has 2 saturated heterocycles. The summed E-state index contributed by atoms with van der Waals surface area (Å²) < 4.78 is 60.2. The molecule has 10 nitrogen and oxygen atoms in total. The van der Waals surface area contributed by atoms with E-state index >= 15 is 0 Å². The van der Waals surface area contributed by atoms with Gasteiger partial charge in [0.1, 0.15) is 0 Å². The molecule has 34 heavy (non-hydrogen) atoms. The van der Waals surface area contributed by atoms with Gasteiger partial charge in [-0.05, 0) is 77.2 Å². The summed E-state index contributed by atoms with van der Waals surface area (Å²) in [5, 5.41) is 0. The first kappa shape index (κ1) is 31.6. The van der Waals surface area contributed by atoms with Crippen molar-refractivity contribution in [1.82, 2.24) is 0 Å². The maximum Gasteiger partial charge on any atom is 0.317 e. The third-order valence-electron chi connectivity index (χ3n) is 5.28. The smallest absolute Gasteiger partial charge is 0.317 e. The van der Waals surface area contributed by atoms with Gasteiger partial charge in [-0.2, -0.15) is 0 Å². The topological polar surface area (TPSA) is 92.3 Å². The van der Waals surface area contributed by atoms with Gasteiger partial charge in [-0.3, -0.25) is 0 Å². The van der Waals surface area contributed by atoms with Crippen molar-refractivity contribution in [2.45, 2.75) is 77.2 Å². The van der Waals surface area contributed by atoms with Crippen molar-refractivity contribution < 1.29 is 42.4 Å². The fraction of sp³-hybridized carbons (Fsp3) is 1.00. The summed E-state index contributed by atoms with van der Waals surface area (Å²) in [6.07, 6.45) is 2.78. The molecule has 0 spiro atoms. The Hall–Kier alpha value is 1.34. The van der Waals surface area contributed by atoms with Gasteiger partial charge in [-0.15, -0.1) is 0 Å². The van der Waals surface area contributed by atoms with Gasteiger partial charge in [-0.25, -0.2) is 0 Å². The Labute approximate surface area is 219 Å². The molecule has 4 unspecified atom stereocenters. The number of hydrogen-bond donors (Lipinski definition) is 0. The molecular formula is C16H46O10Si8. The minimum atomic E-state index is -2.23. The predicted molar refractivity (Wildman–Crippen MR) is 151 cm³/mol. The van der Waals surface area contributed by atoms with Crippen LogP contribution in [0.2, 0.25) is 57.9 Å². The molecule has 18 heteroatoms. The van der Waals surface area contributed by atoms with Gasteiger partial charge in [-0.1, -0.05) is 0 Å². The highest BCUT2D eigenvalue weighted by Gasteiger charge is 2.39. The van der Waals surface area contributed by atoms with Gasteiger partial charge in [0.25, 0.3) is 55.7 Å². The number of ether oxygens (including phenoxy) is 2. The van der Waals surface area contributed by atoms with Crippen LogP contribution in [-0.2, 0) is 42.4 Å². The van der Waals surface area contributed by atoms with Crippen LogP contribution < -0.4 is 0 Å². The zero-order valence-electron chi connectivity index (χ0n) is 22.0. The second kappa shape index (κ2) is 17.0. The van der Waals surface area contributed by atoms with Crippen molar-refractivity contribution in [3.05, 3.63) is 0 Å². The predicted octanol–water partition coefficient (Wildman–Crippen LogP) is 0.744. The van der Waals surface area contributed by atoms with Crippen molar-refractivity contribution in [3.8, 4) is 0 Å². The molecule has 2 fully saturated rings. The van der Waals surface area contributed by atoms with Crippen LogP contribution in [0.25, 0.3) is 0 Å². The molecule has 0 aromatic heterocycles. The molecule has 2 aliphatic heterocycles. The van der Waals surface area contributed by atoms with Crippen LogP contribution >= 0.6 is 0 Å². The second-order valence-electron chi connectivity index (χ2n) is 8.85. The van der Waals surface area contributed by atoms with E-state index < -0.39 is 73.5 Å². The first-order valence-corrected chi connectivity index (χ1v) is 29.5. The first-order valence-electron chi connectivity index (χ1n) is 12.6. The molecule has 0 amide bonds. The normalized spacial score (nSPS) is 38.0. The number of hydrogen-bond acceptors (Lipinski definition) is 10. The third-order valence-corrected chi connectivity index (χ3v) is 31.8. The largest absolute Gasteiger partial charge is 0.420 e. The Morgan fingerprint density at radius 3 is 1.47 bits per heavy atom. The van der Waals surface area contributed by atoms with Gasteiger partial charge in [0.05, 0.1) is 0 Å². The van der Waals surface area contributed by atoms with E-state index in [1.807, 2.05) is 0 Å². The summed E-state index contributed by atoms with van der Waals surface area (Å²) in [5.74, 6) is 0. The Morgan fingerprint density at radius 1 is 0.529 bits per heavy atom. The highest BCUT2D eigenvalue weighted by Crippen LogP contribution is 2.21. The minimum absolute atomic E-state index is 0.707. The van der Waals surface area contributed by atoms with Crippen molar-refractivity contribution in [2.24, 2.45) is 0 Å². The van der Waals surface area contributed by atoms with Gasteiger partial charge >= 0.3 is 17.8 Å². The number of rotatable bonds is 12. The monoisotopic (exact) mass is 622 g/mol. The first-order chi connectivity index (χ1) is 16.1. The van der Waals surface area contributed by atoms with Crippen LogP contribution in [0, 0.1) is 0 Å². The molecule has 2 rings (SSSR count). The SMILES string of the molecule is C[SiH]1O[SiH](C)O[SiH](CCCOCCCOCCC[Si]2(C)O[SiH](C)O[SiH](C)O[SiH](C)O2)O[SiH](C)O1. The summed E-state index contributed by atoms with van der Waals surface area (Å²) in [4.78, 5) is 0. The second-order valence-corrected chi connectivity index (χ2v) is 28.3. The van der Waals surface area contributed by atoms with Gasteiger partial charge < -0.3 is 42.4 Å². The average Bonchev–Trinajstić information content (AvgIpc) is 2.68. The third kappa shape index (κ3) is 13.8. The van der Waals surface area contributed by atoms with E-state index in [1.165, 1.54) is 0 Å². The lowest BCUT2D eigenvalue weighted by atomic mass is 10.4. The Morgan fingerprint density at radius 2 is 0.941 bits per heavy atom. The van der Waals surface area contributed by atoms with Crippen molar-refractivity contribution in [3.63, 3.8) is 0 Å². The lowest BCUT2D eigenvalue weighted by Gasteiger charge is -2.37. The van der Waals surface area contributed by atoms with Crippen LogP contribution in [0.1, 0.15) is 19.3 Å². The van der Waals surface area contributed by atoms with Crippen LogP contribution in [-0.4, -0.2) is 100.0 Å². The molecule has 4 atom stereocenters. The van der Waals surface area contributed by atoms with E-state index in [2.05, 4.69) is 45.8 Å². The standard InChI is InChI=1S/C16H46O10Si8/c1-27-19-29(3)23-33(24-30(4)20-27)15-9-13-17-11-8-12-18-14-10-16-34(7)25-31(5)21-28(2)22-32(6)26-34/h27-33H,8-16H2,1-7H3. The minimum Gasteiger partial charge on any atom is -0.420 e. The van der Waals surface area contributed by atoms with Crippen molar-refractivity contribution >= 4 is 73.5 Å². The van der Waals surface area contributed by atoms with E-state index in [1.54, 1.807) is 0 Å². The Bertz CT molecular complexity index is 530. The fourth-order valence-electron chi connectivity index (χ4n) is 4.02. The van der Waals surface area contributed by atoms with Crippen molar-refractivity contribution in [2.75, 3.05) is 26.4 Å². The molecule has 0 aromatic carbocycles. The zero-order valence-corrected chi connectivity index (χ0v) is 31.1. The lowest BCUT2D eigenvalue weighted by Crippen LogP contribution is -2.53. The summed E-state index contributed by atoms with van der Waals surface area (Å²) in [7, 11) is -13.6. The average molecular weight is 623 g/mol. The highest BCUT2D eigenvalue weighted by atomic mass is 28.5. The fourth-order valence-corrected chi connectivity index (χ4v) is 31.3. The molecular weight excluding hydrogens is 577 g/mol. The molecule has 202 valence electrons. The maximum atomic E-state index is 6.30. The molecule has 0 N–H and O–H groups in total. The molecule has 0 aromatic rings. The van der Waals surface area contributed by atoms with Crippen molar-refractivity contribution in [1.29, 1.82) is 0 Å². The quantitative estimate of drug-likeness (QED) is 0.229. The van der Waals surface area contributed by atoms with Crippen LogP contribution in [0.5, 0.6) is 0 Å².